The fourth-order valence-corrected chi connectivity index (χ4v) is 3.76. The molecule has 0 aliphatic carbocycles. The maximum absolute atomic E-state index is 12.8. The van der Waals surface area contributed by atoms with Crippen LogP contribution < -0.4 is 5.32 Å². The van der Waals surface area contributed by atoms with E-state index in [1.54, 1.807) is 20.8 Å². The normalized spacial score (nSPS) is 14.2. The van der Waals surface area contributed by atoms with E-state index < -0.39 is 55.3 Å². The van der Waals surface area contributed by atoms with E-state index in [0.29, 0.717) is 4.31 Å². The molecule has 0 spiro atoms. The van der Waals surface area contributed by atoms with Gasteiger partial charge in [0.15, 0.2) is 4.90 Å². The molecule has 1 rings (SSSR count). The van der Waals surface area contributed by atoms with Gasteiger partial charge in [0.25, 0.3) is 5.69 Å². The van der Waals surface area contributed by atoms with Crippen molar-refractivity contribution in [2.24, 2.45) is 0 Å². The van der Waals surface area contributed by atoms with E-state index in [1.807, 2.05) is 0 Å². The molecule has 0 aliphatic rings. The maximum Gasteiger partial charge on any atom is 0.408 e. The Bertz CT molecular complexity index is 863. The van der Waals surface area contributed by atoms with Gasteiger partial charge in [-0.3, -0.25) is 10.1 Å². The lowest BCUT2D eigenvalue weighted by atomic mass is 10.1. The van der Waals surface area contributed by atoms with Crippen LogP contribution in [-0.2, 0) is 19.6 Å². The fourth-order valence-electron chi connectivity index (χ4n) is 2.23. The number of carboxylic acid groups (broad SMARTS) is 1. The standard InChI is InChI=1S/C16H23N3O8S/c1-10(13(14(20)21)17-15(22)27-16(2,3)4)18(5)28(25,26)12-9-7-6-8-11(12)19(23)24/h6-10,13H,1-5H3,(H,17,22)(H,20,21). The zero-order chi connectivity index (χ0) is 21.9. The Kier molecular flexibility index (Phi) is 7.09. The molecule has 2 unspecified atom stereocenters. The molecule has 11 nitrogen and oxygen atoms in total. The molecule has 0 aromatic heterocycles. The van der Waals surface area contributed by atoms with E-state index in [0.717, 1.165) is 19.2 Å². The monoisotopic (exact) mass is 417 g/mol. The maximum atomic E-state index is 12.8. The van der Waals surface area contributed by atoms with Gasteiger partial charge >= 0.3 is 12.1 Å². The summed E-state index contributed by atoms with van der Waals surface area (Å²) in [4.78, 5) is 33.2. The molecule has 0 heterocycles. The zero-order valence-electron chi connectivity index (χ0n) is 16.1. The quantitative estimate of drug-likeness (QED) is 0.500. The number of sulfonamides is 1. The van der Waals surface area contributed by atoms with E-state index in [1.165, 1.54) is 19.1 Å². The minimum absolute atomic E-state index is 0.587. The molecule has 1 aromatic carbocycles. The molecule has 156 valence electrons. The highest BCUT2D eigenvalue weighted by Crippen LogP contribution is 2.27. The molecule has 28 heavy (non-hydrogen) atoms. The van der Waals surface area contributed by atoms with Crippen LogP contribution in [0.3, 0.4) is 0 Å². The number of carboxylic acids is 1. The second kappa shape index (κ2) is 8.52. The van der Waals surface area contributed by atoms with Gasteiger partial charge in [0, 0.05) is 13.1 Å². The van der Waals surface area contributed by atoms with Crippen LogP contribution in [0.2, 0.25) is 0 Å². The number of aliphatic carboxylic acids is 1. The van der Waals surface area contributed by atoms with Gasteiger partial charge in [-0.1, -0.05) is 12.1 Å². The van der Waals surface area contributed by atoms with Crippen molar-refractivity contribution in [1.82, 2.24) is 9.62 Å². The molecule has 12 heteroatoms. The SMILES string of the molecule is CC(C(NC(=O)OC(C)(C)C)C(=O)O)N(C)S(=O)(=O)c1ccccc1[N+](=O)[O-]. The molecule has 0 aliphatic heterocycles. The van der Waals surface area contributed by atoms with E-state index >= 15 is 0 Å². The van der Waals surface area contributed by atoms with Crippen LogP contribution in [0.5, 0.6) is 0 Å². The third kappa shape index (κ3) is 5.63. The van der Waals surface area contributed by atoms with Crippen molar-refractivity contribution in [3.63, 3.8) is 0 Å². The molecule has 1 amide bonds. The predicted molar refractivity (Wildman–Crippen MR) is 98.3 cm³/mol. The lowest BCUT2D eigenvalue weighted by Gasteiger charge is -2.30. The summed E-state index contributed by atoms with van der Waals surface area (Å²) in [5, 5.41) is 22.7. The number of benzene rings is 1. The van der Waals surface area contributed by atoms with Crippen LogP contribution in [0.15, 0.2) is 29.2 Å². The smallest absolute Gasteiger partial charge is 0.408 e. The van der Waals surface area contributed by atoms with E-state index in [-0.39, 0.29) is 0 Å². The Balaban J connectivity index is 3.20. The van der Waals surface area contributed by atoms with Gasteiger partial charge in [0.05, 0.1) is 11.0 Å². The van der Waals surface area contributed by atoms with Gasteiger partial charge in [-0.2, -0.15) is 4.31 Å². The number of likely N-dealkylation sites (N-methyl/N-ethyl adjacent to an activating group) is 1. The third-order valence-electron chi connectivity index (χ3n) is 3.71. The molecular weight excluding hydrogens is 394 g/mol. The molecular formula is C16H23N3O8S. The number of alkyl carbamates (subject to hydrolysis) is 1. The first-order chi connectivity index (χ1) is 12.7. The summed E-state index contributed by atoms with van der Waals surface area (Å²) >= 11 is 0. The number of carbonyl (C=O) groups excluding carboxylic acids is 1. The highest BCUT2D eigenvalue weighted by molar-refractivity contribution is 7.89. The van der Waals surface area contributed by atoms with Crippen molar-refractivity contribution >= 4 is 27.8 Å². The minimum atomic E-state index is -4.43. The van der Waals surface area contributed by atoms with Crippen molar-refractivity contribution in [2.45, 2.75) is 50.3 Å². The summed E-state index contributed by atoms with van der Waals surface area (Å²) in [5.74, 6) is -1.50. The number of hydrogen-bond donors (Lipinski definition) is 2. The zero-order valence-corrected chi connectivity index (χ0v) is 16.9. The van der Waals surface area contributed by atoms with Crippen molar-refractivity contribution in [2.75, 3.05) is 7.05 Å². The highest BCUT2D eigenvalue weighted by atomic mass is 32.2. The second-order valence-corrected chi connectivity index (χ2v) is 8.91. The Morgan fingerprint density at radius 3 is 2.29 bits per heavy atom. The molecule has 0 fully saturated rings. The van der Waals surface area contributed by atoms with Gasteiger partial charge in [-0.25, -0.2) is 18.0 Å². The van der Waals surface area contributed by atoms with Crippen molar-refractivity contribution in [3.8, 4) is 0 Å². The van der Waals surface area contributed by atoms with E-state index in [9.17, 15) is 33.2 Å². The number of amides is 1. The third-order valence-corrected chi connectivity index (χ3v) is 5.71. The minimum Gasteiger partial charge on any atom is -0.480 e. The van der Waals surface area contributed by atoms with Crippen LogP contribution in [0.25, 0.3) is 0 Å². The van der Waals surface area contributed by atoms with Crippen LogP contribution in [0.1, 0.15) is 27.7 Å². The van der Waals surface area contributed by atoms with Crippen LogP contribution >= 0.6 is 0 Å². The summed E-state index contributed by atoms with van der Waals surface area (Å²) in [7, 11) is -3.35. The van der Waals surface area contributed by atoms with Crippen molar-refractivity contribution < 1.29 is 32.8 Å². The Morgan fingerprint density at radius 1 is 1.29 bits per heavy atom. The van der Waals surface area contributed by atoms with E-state index in [2.05, 4.69) is 5.32 Å². The van der Waals surface area contributed by atoms with Gasteiger partial charge < -0.3 is 15.2 Å². The van der Waals surface area contributed by atoms with Crippen LogP contribution in [0.4, 0.5) is 10.5 Å². The van der Waals surface area contributed by atoms with Crippen molar-refractivity contribution in [1.29, 1.82) is 0 Å². The number of rotatable bonds is 7. The first-order valence-electron chi connectivity index (χ1n) is 8.12. The Labute approximate surface area is 162 Å². The van der Waals surface area contributed by atoms with Gasteiger partial charge in [0.2, 0.25) is 10.0 Å². The van der Waals surface area contributed by atoms with Crippen LogP contribution in [-0.4, -0.2) is 59.5 Å². The van der Waals surface area contributed by atoms with Crippen molar-refractivity contribution in [3.05, 3.63) is 34.4 Å². The molecule has 2 atom stereocenters. The summed E-state index contributed by atoms with van der Waals surface area (Å²) in [6.07, 6.45) is -1.04. The summed E-state index contributed by atoms with van der Waals surface area (Å²) < 4.78 is 31.3. The largest absolute Gasteiger partial charge is 0.480 e. The van der Waals surface area contributed by atoms with E-state index in [4.69, 9.17) is 4.74 Å². The fraction of sp³-hybridized carbons (Fsp3) is 0.500. The first kappa shape index (κ1) is 23.3. The average Bonchev–Trinajstić information content (AvgIpc) is 2.56. The summed E-state index contributed by atoms with van der Waals surface area (Å²) in [6, 6.07) is 1.76. The van der Waals surface area contributed by atoms with Gasteiger partial charge in [-0.15, -0.1) is 0 Å². The number of nitrogens with one attached hydrogen (secondary N) is 1. The summed E-state index contributed by atoms with van der Waals surface area (Å²) in [5.41, 5.74) is -1.53. The van der Waals surface area contributed by atoms with Gasteiger partial charge in [0.1, 0.15) is 11.6 Å². The molecule has 0 saturated heterocycles. The number of hydrogen-bond acceptors (Lipinski definition) is 7. The lowest BCUT2D eigenvalue weighted by molar-refractivity contribution is -0.387. The predicted octanol–water partition coefficient (Wildman–Crippen LogP) is 1.58. The number of ether oxygens (including phenoxy) is 1. The topological polar surface area (TPSA) is 156 Å². The number of para-hydroxylation sites is 1. The molecule has 1 aromatic rings. The summed E-state index contributed by atoms with van der Waals surface area (Å²) in [6.45, 7) is 5.99. The number of nitrogens with zero attached hydrogens (tertiary/aromatic N) is 2. The Hall–Kier alpha value is -2.73. The molecule has 0 bridgehead atoms. The van der Waals surface area contributed by atoms with Gasteiger partial charge in [-0.05, 0) is 33.8 Å². The number of carbonyl (C=O) groups is 2. The molecule has 2 N–H and O–H groups in total. The molecule has 0 saturated carbocycles. The highest BCUT2D eigenvalue weighted by Gasteiger charge is 2.38. The van der Waals surface area contributed by atoms with Crippen LogP contribution in [0, 0.1) is 10.1 Å². The first-order valence-corrected chi connectivity index (χ1v) is 9.56. The number of nitro groups is 1. The molecule has 0 radical (unpaired) electrons. The second-order valence-electron chi connectivity index (χ2n) is 6.95. The Morgan fingerprint density at radius 2 is 1.82 bits per heavy atom. The number of nitro benzene ring substituents is 1. The lowest BCUT2D eigenvalue weighted by Crippen LogP contribution is -2.55. The average molecular weight is 417 g/mol.